The number of benzene rings is 1. The first-order valence-corrected chi connectivity index (χ1v) is 5.48. The van der Waals surface area contributed by atoms with Gasteiger partial charge < -0.3 is 0 Å². The van der Waals surface area contributed by atoms with E-state index in [1.807, 2.05) is 12.1 Å². The molecule has 2 aromatic rings. The summed E-state index contributed by atoms with van der Waals surface area (Å²) in [6, 6.07) is 7.09. The first-order chi connectivity index (χ1) is 6.56. The van der Waals surface area contributed by atoms with Crippen molar-refractivity contribution in [1.82, 2.24) is 0 Å². The van der Waals surface area contributed by atoms with Crippen LogP contribution < -0.4 is 0 Å². The highest BCUT2D eigenvalue weighted by molar-refractivity contribution is 8.00. The van der Waals surface area contributed by atoms with Gasteiger partial charge in [0.25, 0.3) is 0 Å². The molecule has 0 unspecified atom stereocenters. The zero-order valence-electron chi connectivity index (χ0n) is 6.84. The normalized spacial score (nSPS) is 12.2. The molecule has 0 atom stereocenters. The lowest BCUT2D eigenvalue weighted by Gasteiger charge is -2.03. The van der Waals surface area contributed by atoms with Gasteiger partial charge in [0, 0.05) is 20.4 Å². The lowest BCUT2D eigenvalue weighted by Crippen LogP contribution is -1.98. The Kier molecular flexibility index (Phi) is 2.45. The highest BCUT2D eigenvalue weighted by Gasteiger charge is 2.30. The molecule has 14 heavy (non-hydrogen) atoms. The highest BCUT2D eigenvalue weighted by atomic mass is 32.2. The molecule has 0 amide bonds. The van der Waals surface area contributed by atoms with Gasteiger partial charge in [0.2, 0.25) is 0 Å². The Morgan fingerprint density at radius 3 is 2.57 bits per heavy atom. The summed E-state index contributed by atoms with van der Waals surface area (Å²) in [5, 5.41) is 2.22. The number of hydrogen-bond donors (Lipinski definition) is 0. The summed E-state index contributed by atoms with van der Waals surface area (Å²) >= 11 is 1.28. The van der Waals surface area contributed by atoms with Crippen LogP contribution in [0.3, 0.4) is 0 Å². The molecule has 1 aromatic heterocycles. The zero-order chi connectivity index (χ0) is 10.2. The monoisotopic (exact) mass is 234 g/mol. The summed E-state index contributed by atoms with van der Waals surface area (Å²) in [5.41, 5.74) is -4.20. The average Bonchev–Trinajstić information content (AvgIpc) is 2.47. The molecule has 0 aliphatic rings. The number of halogens is 3. The minimum atomic E-state index is -4.20. The Morgan fingerprint density at radius 1 is 1.14 bits per heavy atom. The summed E-state index contributed by atoms with van der Waals surface area (Å²) in [5.74, 6) is 0. The molecule has 0 spiro atoms. The fourth-order valence-corrected chi connectivity index (χ4v) is 2.92. The maximum Gasteiger partial charge on any atom is 0.446 e. The third kappa shape index (κ3) is 2.04. The molecule has 1 aromatic carbocycles. The van der Waals surface area contributed by atoms with Gasteiger partial charge in [-0.1, -0.05) is 18.2 Å². The van der Waals surface area contributed by atoms with Crippen LogP contribution in [0.4, 0.5) is 13.2 Å². The second-order valence-electron chi connectivity index (χ2n) is 2.64. The van der Waals surface area contributed by atoms with E-state index in [4.69, 9.17) is 0 Å². The minimum Gasteiger partial charge on any atom is -0.160 e. The van der Waals surface area contributed by atoms with Crippen molar-refractivity contribution in [2.45, 2.75) is 10.4 Å². The third-order valence-electron chi connectivity index (χ3n) is 1.67. The standard InChI is InChI=1S/C9H5F3S2/c10-9(11,12)14-8-5-13-7-4-2-1-3-6(7)8/h1-5H. The van der Waals surface area contributed by atoms with Crippen LogP contribution in [-0.4, -0.2) is 5.51 Å². The van der Waals surface area contributed by atoms with Crippen LogP contribution in [0.1, 0.15) is 0 Å². The van der Waals surface area contributed by atoms with Gasteiger partial charge in [-0.05, 0) is 17.8 Å². The van der Waals surface area contributed by atoms with Crippen LogP contribution in [0.15, 0.2) is 34.5 Å². The molecule has 2 rings (SSSR count). The molecule has 1 heterocycles. The van der Waals surface area contributed by atoms with Crippen LogP contribution in [0.25, 0.3) is 10.1 Å². The van der Waals surface area contributed by atoms with E-state index < -0.39 is 5.51 Å². The van der Waals surface area contributed by atoms with Crippen LogP contribution in [0, 0.1) is 0 Å². The first kappa shape index (κ1) is 9.86. The van der Waals surface area contributed by atoms with Crippen molar-refractivity contribution in [3.8, 4) is 0 Å². The molecule has 0 nitrogen and oxygen atoms in total. The van der Waals surface area contributed by atoms with E-state index in [9.17, 15) is 13.2 Å². The van der Waals surface area contributed by atoms with Crippen LogP contribution in [0.2, 0.25) is 0 Å². The highest BCUT2D eigenvalue weighted by Crippen LogP contribution is 2.42. The summed E-state index contributed by atoms with van der Waals surface area (Å²) in [7, 11) is 0. The molecule has 0 aliphatic heterocycles. The minimum absolute atomic E-state index is 0.0527. The molecule has 0 bridgehead atoms. The molecule has 0 aliphatic carbocycles. The Bertz CT molecular complexity index is 444. The van der Waals surface area contributed by atoms with Crippen molar-refractivity contribution in [2.75, 3.05) is 0 Å². The van der Waals surface area contributed by atoms with E-state index in [1.165, 1.54) is 11.3 Å². The van der Waals surface area contributed by atoms with Crippen molar-refractivity contribution < 1.29 is 13.2 Å². The Labute approximate surface area is 86.7 Å². The van der Waals surface area contributed by atoms with Gasteiger partial charge >= 0.3 is 5.51 Å². The van der Waals surface area contributed by atoms with Crippen molar-refractivity contribution in [1.29, 1.82) is 0 Å². The summed E-state index contributed by atoms with van der Waals surface area (Å²) in [6.07, 6.45) is 0. The van der Waals surface area contributed by atoms with E-state index in [-0.39, 0.29) is 16.7 Å². The fourth-order valence-electron chi connectivity index (χ4n) is 1.16. The molecule has 74 valence electrons. The molecule has 0 N–H and O–H groups in total. The second-order valence-corrected chi connectivity index (χ2v) is 4.66. The number of fused-ring (bicyclic) bond motifs is 1. The first-order valence-electron chi connectivity index (χ1n) is 3.78. The van der Waals surface area contributed by atoms with E-state index in [0.717, 1.165) is 4.70 Å². The smallest absolute Gasteiger partial charge is 0.160 e. The van der Waals surface area contributed by atoms with Crippen LogP contribution >= 0.6 is 23.1 Å². The van der Waals surface area contributed by atoms with Gasteiger partial charge in [-0.3, -0.25) is 0 Å². The summed E-state index contributed by atoms with van der Waals surface area (Å²) < 4.78 is 37.2. The third-order valence-corrected chi connectivity index (χ3v) is 3.57. The van der Waals surface area contributed by atoms with Crippen molar-refractivity contribution >= 4 is 33.2 Å². The van der Waals surface area contributed by atoms with E-state index >= 15 is 0 Å². The Hall–Kier alpha value is -0.680. The SMILES string of the molecule is FC(F)(F)Sc1csc2ccccc12. The van der Waals surface area contributed by atoms with E-state index in [0.29, 0.717) is 5.39 Å². The summed E-state index contributed by atoms with van der Waals surface area (Å²) in [6.45, 7) is 0. The Morgan fingerprint density at radius 2 is 1.86 bits per heavy atom. The van der Waals surface area contributed by atoms with E-state index in [2.05, 4.69) is 0 Å². The lowest BCUT2D eigenvalue weighted by atomic mass is 10.3. The number of alkyl halides is 3. The maximum atomic E-state index is 12.1. The zero-order valence-corrected chi connectivity index (χ0v) is 8.47. The second kappa shape index (κ2) is 3.47. The number of hydrogen-bond acceptors (Lipinski definition) is 2. The fraction of sp³-hybridized carbons (Fsp3) is 0.111. The van der Waals surface area contributed by atoms with Crippen LogP contribution in [0.5, 0.6) is 0 Å². The van der Waals surface area contributed by atoms with Gasteiger partial charge in [0.05, 0.1) is 0 Å². The molecule has 0 saturated carbocycles. The Balaban J connectivity index is 2.44. The predicted octanol–water partition coefficient (Wildman–Crippen LogP) is 4.51. The average molecular weight is 234 g/mol. The van der Waals surface area contributed by atoms with Crippen molar-refractivity contribution in [3.63, 3.8) is 0 Å². The number of thiophene rings is 1. The molecule has 0 radical (unpaired) electrons. The molecule has 0 saturated heterocycles. The van der Waals surface area contributed by atoms with Gasteiger partial charge in [0.1, 0.15) is 0 Å². The van der Waals surface area contributed by atoms with Gasteiger partial charge in [-0.25, -0.2) is 0 Å². The van der Waals surface area contributed by atoms with Crippen LogP contribution in [-0.2, 0) is 0 Å². The largest absolute Gasteiger partial charge is 0.446 e. The quantitative estimate of drug-likeness (QED) is 0.654. The number of thioether (sulfide) groups is 1. The van der Waals surface area contributed by atoms with Gasteiger partial charge in [-0.2, -0.15) is 13.2 Å². The van der Waals surface area contributed by atoms with Crippen molar-refractivity contribution in [2.24, 2.45) is 0 Å². The molecular weight excluding hydrogens is 229 g/mol. The molecule has 5 heteroatoms. The van der Waals surface area contributed by atoms with E-state index in [1.54, 1.807) is 17.5 Å². The maximum absolute atomic E-state index is 12.1. The van der Waals surface area contributed by atoms with Gasteiger partial charge in [-0.15, -0.1) is 11.3 Å². The topological polar surface area (TPSA) is 0 Å². The predicted molar refractivity (Wildman–Crippen MR) is 53.7 cm³/mol. The summed E-state index contributed by atoms with van der Waals surface area (Å²) in [4.78, 5) is 0.290. The van der Waals surface area contributed by atoms with Gasteiger partial charge in [0.15, 0.2) is 0 Å². The lowest BCUT2D eigenvalue weighted by molar-refractivity contribution is -0.0327. The number of rotatable bonds is 1. The molecule has 0 fully saturated rings. The molecular formula is C9H5F3S2. The van der Waals surface area contributed by atoms with Crippen molar-refractivity contribution in [3.05, 3.63) is 29.6 Å².